The van der Waals surface area contributed by atoms with Crippen LogP contribution in [0.3, 0.4) is 0 Å². The molecule has 1 N–H and O–H groups in total. The van der Waals surface area contributed by atoms with E-state index in [1.807, 2.05) is 30.3 Å². The second-order valence-electron chi connectivity index (χ2n) is 6.60. The number of halogens is 1. The van der Waals surface area contributed by atoms with Gasteiger partial charge in [-0.25, -0.2) is 0 Å². The molecule has 2 nitrogen and oxygen atoms in total. The maximum atomic E-state index is 12.5. The van der Waals surface area contributed by atoms with E-state index < -0.39 is 6.10 Å². The molecular weight excluding hydrogens is 296 g/mol. The Morgan fingerprint density at radius 2 is 2.18 bits per heavy atom. The Labute approximate surface area is 136 Å². The number of aliphatic hydroxyl groups is 1. The number of benzene rings is 1. The number of carbonyl (C=O) groups excluding carboxylic acids is 1. The summed E-state index contributed by atoms with van der Waals surface area (Å²) < 4.78 is 0. The normalized spacial score (nSPS) is 33.5. The largest absolute Gasteiger partial charge is 0.392 e. The summed E-state index contributed by atoms with van der Waals surface area (Å²) in [6.07, 6.45) is 5.94. The van der Waals surface area contributed by atoms with Crippen molar-refractivity contribution in [2.45, 2.75) is 39.2 Å². The molecule has 2 aliphatic carbocycles. The standard InChI is InChI=1S/C19H21ClO2/c1-12-16(10-13-5-3-7-15(20)9-13)17(21)11-14-6-4-8-18(22)19(12,14)2/h3,5,7,9-12,18,22H,4,6,8H2,1-2H3/b16-10+/t12-,18-,19-/m0/s1. The van der Waals surface area contributed by atoms with E-state index in [4.69, 9.17) is 11.6 Å². The third-order valence-electron chi connectivity index (χ3n) is 5.43. The molecule has 2 aliphatic rings. The Kier molecular flexibility index (Phi) is 4.00. The lowest BCUT2D eigenvalue weighted by Crippen LogP contribution is -2.46. The van der Waals surface area contributed by atoms with E-state index in [1.54, 1.807) is 6.08 Å². The van der Waals surface area contributed by atoms with Gasteiger partial charge in [0.25, 0.3) is 0 Å². The number of aliphatic hydroxyl groups excluding tert-OH is 1. The van der Waals surface area contributed by atoms with Crippen LogP contribution in [0, 0.1) is 11.3 Å². The van der Waals surface area contributed by atoms with E-state index in [2.05, 4.69) is 13.8 Å². The van der Waals surface area contributed by atoms with Crippen molar-refractivity contribution in [2.75, 3.05) is 0 Å². The number of ketones is 1. The maximum absolute atomic E-state index is 12.5. The summed E-state index contributed by atoms with van der Waals surface area (Å²) >= 11 is 6.03. The monoisotopic (exact) mass is 316 g/mol. The first kappa shape index (κ1) is 15.5. The molecule has 116 valence electrons. The molecule has 1 aromatic carbocycles. The number of rotatable bonds is 1. The van der Waals surface area contributed by atoms with Gasteiger partial charge in [-0.2, -0.15) is 0 Å². The Morgan fingerprint density at radius 1 is 1.41 bits per heavy atom. The predicted molar refractivity (Wildman–Crippen MR) is 89.6 cm³/mol. The van der Waals surface area contributed by atoms with Gasteiger partial charge in [0.15, 0.2) is 5.78 Å². The molecule has 22 heavy (non-hydrogen) atoms. The first-order chi connectivity index (χ1) is 10.4. The molecule has 0 saturated heterocycles. The van der Waals surface area contributed by atoms with E-state index in [-0.39, 0.29) is 17.1 Å². The van der Waals surface area contributed by atoms with Crippen LogP contribution in [0.1, 0.15) is 38.7 Å². The lowest BCUT2D eigenvalue weighted by atomic mass is 9.57. The van der Waals surface area contributed by atoms with Crippen molar-refractivity contribution >= 4 is 23.5 Å². The lowest BCUT2D eigenvalue weighted by Gasteiger charge is -2.48. The lowest BCUT2D eigenvalue weighted by molar-refractivity contribution is -0.113. The van der Waals surface area contributed by atoms with Gasteiger partial charge in [-0.1, -0.05) is 43.2 Å². The highest BCUT2D eigenvalue weighted by molar-refractivity contribution is 6.30. The molecule has 0 spiro atoms. The Morgan fingerprint density at radius 3 is 2.91 bits per heavy atom. The SMILES string of the molecule is C[C@H]1/C(=C\c2cccc(Cl)c2)C(=O)C=C2CCC[C@H](O)[C@]21C. The number of fused-ring (bicyclic) bond motifs is 1. The molecular formula is C19H21ClO2. The summed E-state index contributed by atoms with van der Waals surface area (Å²) in [6, 6.07) is 7.50. The highest BCUT2D eigenvalue weighted by Gasteiger charge is 2.48. The smallest absolute Gasteiger partial charge is 0.182 e. The van der Waals surface area contributed by atoms with Gasteiger partial charge >= 0.3 is 0 Å². The van der Waals surface area contributed by atoms with Crippen LogP contribution in [0.5, 0.6) is 0 Å². The summed E-state index contributed by atoms with van der Waals surface area (Å²) in [7, 11) is 0. The molecule has 3 rings (SSSR count). The first-order valence-electron chi connectivity index (χ1n) is 7.83. The molecule has 0 amide bonds. The van der Waals surface area contributed by atoms with E-state index in [0.29, 0.717) is 5.02 Å². The minimum Gasteiger partial charge on any atom is -0.392 e. The minimum absolute atomic E-state index is 0.00529. The fourth-order valence-corrected chi connectivity index (χ4v) is 4.01. The molecule has 0 aliphatic heterocycles. The summed E-state index contributed by atoms with van der Waals surface area (Å²) in [4.78, 5) is 12.5. The maximum Gasteiger partial charge on any atom is 0.182 e. The van der Waals surface area contributed by atoms with Crippen molar-refractivity contribution in [3.05, 3.63) is 52.1 Å². The summed E-state index contributed by atoms with van der Waals surface area (Å²) in [5.41, 5.74) is 2.45. The van der Waals surface area contributed by atoms with Gasteiger partial charge in [0.1, 0.15) is 0 Å². The fraction of sp³-hybridized carbons (Fsp3) is 0.421. The second-order valence-corrected chi connectivity index (χ2v) is 7.04. The summed E-state index contributed by atoms with van der Waals surface area (Å²) in [5.74, 6) is 0.0586. The number of hydrogen-bond acceptors (Lipinski definition) is 2. The van der Waals surface area contributed by atoms with E-state index in [1.165, 1.54) is 0 Å². The van der Waals surface area contributed by atoms with Crippen molar-refractivity contribution in [3.63, 3.8) is 0 Å². The third-order valence-corrected chi connectivity index (χ3v) is 5.67. The molecule has 0 bridgehead atoms. The zero-order valence-electron chi connectivity index (χ0n) is 13.0. The highest BCUT2D eigenvalue weighted by Crippen LogP contribution is 2.51. The molecule has 0 radical (unpaired) electrons. The molecule has 0 heterocycles. The summed E-state index contributed by atoms with van der Waals surface area (Å²) in [6.45, 7) is 4.14. The molecule has 0 aromatic heterocycles. The van der Waals surface area contributed by atoms with Crippen LogP contribution < -0.4 is 0 Å². The van der Waals surface area contributed by atoms with Gasteiger partial charge in [0.2, 0.25) is 0 Å². The van der Waals surface area contributed by atoms with Crippen LogP contribution in [-0.4, -0.2) is 17.0 Å². The average molecular weight is 317 g/mol. The summed E-state index contributed by atoms with van der Waals surface area (Å²) in [5, 5.41) is 11.2. The molecule has 1 fully saturated rings. The Bertz CT molecular complexity index is 674. The first-order valence-corrected chi connectivity index (χ1v) is 8.21. The molecule has 1 aromatic rings. The topological polar surface area (TPSA) is 37.3 Å². The second kappa shape index (κ2) is 5.68. The van der Waals surface area contributed by atoms with Crippen LogP contribution in [0.4, 0.5) is 0 Å². The van der Waals surface area contributed by atoms with Gasteiger partial charge in [0, 0.05) is 16.0 Å². The van der Waals surface area contributed by atoms with Crippen molar-refractivity contribution in [2.24, 2.45) is 11.3 Å². The van der Waals surface area contributed by atoms with Crippen LogP contribution in [0.15, 0.2) is 41.5 Å². The minimum atomic E-state index is -0.390. The van der Waals surface area contributed by atoms with Crippen LogP contribution in [0.25, 0.3) is 6.08 Å². The number of hydrogen-bond donors (Lipinski definition) is 1. The average Bonchev–Trinajstić information content (AvgIpc) is 2.47. The van der Waals surface area contributed by atoms with Gasteiger partial charge in [-0.05, 0) is 55.0 Å². The number of allylic oxidation sites excluding steroid dienone is 2. The van der Waals surface area contributed by atoms with Crippen molar-refractivity contribution < 1.29 is 9.90 Å². The zero-order chi connectivity index (χ0) is 15.9. The van der Waals surface area contributed by atoms with E-state index >= 15 is 0 Å². The zero-order valence-corrected chi connectivity index (χ0v) is 13.7. The fourth-order valence-electron chi connectivity index (χ4n) is 3.81. The highest BCUT2D eigenvalue weighted by atomic mass is 35.5. The van der Waals surface area contributed by atoms with E-state index in [9.17, 15) is 9.90 Å². The predicted octanol–water partition coefficient (Wildman–Crippen LogP) is 4.42. The van der Waals surface area contributed by atoms with Crippen LogP contribution in [-0.2, 0) is 4.79 Å². The Hall–Kier alpha value is -1.38. The van der Waals surface area contributed by atoms with Crippen molar-refractivity contribution in [1.82, 2.24) is 0 Å². The number of carbonyl (C=O) groups is 1. The van der Waals surface area contributed by atoms with Crippen LogP contribution in [0.2, 0.25) is 5.02 Å². The van der Waals surface area contributed by atoms with Gasteiger partial charge in [-0.3, -0.25) is 4.79 Å². The van der Waals surface area contributed by atoms with Gasteiger partial charge in [0.05, 0.1) is 6.10 Å². The molecule has 0 unspecified atom stereocenters. The van der Waals surface area contributed by atoms with Gasteiger partial charge in [-0.15, -0.1) is 0 Å². The van der Waals surface area contributed by atoms with Gasteiger partial charge < -0.3 is 5.11 Å². The Balaban J connectivity index is 2.06. The van der Waals surface area contributed by atoms with Crippen molar-refractivity contribution in [1.29, 1.82) is 0 Å². The third kappa shape index (κ3) is 2.45. The molecule has 3 heteroatoms. The van der Waals surface area contributed by atoms with E-state index in [0.717, 1.165) is 36.0 Å². The quantitative estimate of drug-likeness (QED) is 0.779. The molecule has 3 atom stereocenters. The van der Waals surface area contributed by atoms with Crippen molar-refractivity contribution in [3.8, 4) is 0 Å². The van der Waals surface area contributed by atoms with Crippen LogP contribution >= 0.6 is 11.6 Å². The molecule has 1 saturated carbocycles.